The molecule has 0 aromatic heterocycles. The molecule has 1 atom stereocenters. The molecule has 0 radical (unpaired) electrons. The molecule has 1 saturated carbocycles. The van der Waals surface area contributed by atoms with E-state index in [1.807, 2.05) is 6.92 Å². The minimum absolute atomic E-state index is 0.161. The van der Waals surface area contributed by atoms with E-state index < -0.39 is 0 Å². The molecule has 0 heterocycles. The standard InChI is InChI=1S/C13H25NO2/c1-9(2)11-5-7-12(8-6-11)14-10(3)13(15)16-4/h9-12,14H,5-8H2,1-4H3. The Morgan fingerprint density at radius 3 is 2.19 bits per heavy atom. The summed E-state index contributed by atoms with van der Waals surface area (Å²) in [5.41, 5.74) is 0. The van der Waals surface area contributed by atoms with Crippen LogP contribution in [0.3, 0.4) is 0 Å². The van der Waals surface area contributed by atoms with Crippen molar-refractivity contribution in [3.8, 4) is 0 Å². The van der Waals surface area contributed by atoms with Gasteiger partial charge in [-0.3, -0.25) is 4.79 Å². The Kier molecular flexibility index (Phi) is 5.26. The zero-order valence-electron chi connectivity index (χ0n) is 11.0. The normalized spacial score (nSPS) is 27.8. The van der Waals surface area contributed by atoms with Crippen molar-refractivity contribution >= 4 is 5.97 Å². The Balaban J connectivity index is 2.29. The predicted octanol–water partition coefficient (Wildman–Crippen LogP) is 2.35. The number of esters is 1. The lowest BCUT2D eigenvalue weighted by molar-refractivity contribution is -0.142. The van der Waals surface area contributed by atoms with Gasteiger partial charge in [-0.2, -0.15) is 0 Å². The van der Waals surface area contributed by atoms with Crippen LogP contribution in [0.15, 0.2) is 0 Å². The van der Waals surface area contributed by atoms with E-state index in [0.717, 1.165) is 11.8 Å². The minimum atomic E-state index is -0.175. The molecule has 0 aromatic rings. The van der Waals surface area contributed by atoms with Crippen LogP contribution in [0.5, 0.6) is 0 Å². The van der Waals surface area contributed by atoms with Crippen molar-refractivity contribution in [3.63, 3.8) is 0 Å². The van der Waals surface area contributed by atoms with Crippen LogP contribution in [0.2, 0.25) is 0 Å². The Morgan fingerprint density at radius 1 is 1.19 bits per heavy atom. The first-order chi connectivity index (χ1) is 7.54. The maximum absolute atomic E-state index is 11.3. The van der Waals surface area contributed by atoms with Gasteiger partial charge in [0.15, 0.2) is 0 Å². The molecular formula is C13H25NO2. The second-order valence-corrected chi connectivity index (χ2v) is 5.27. The number of nitrogens with one attached hydrogen (secondary N) is 1. The summed E-state index contributed by atoms with van der Waals surface area (Å²) in [6.07, 6.45) is 4.93. The summed E-state index contributed by atoms with van der Waals surface area (Å²) in [4.78, 5) is 11.3. The van der Waals surface area contributed by atoms with Crippen molar-refractivity contribution in [3.05, 3.63) is 0 Å². The smallest absolute Gasteiger partial charge is 0.322 e. The zero-order valence-corrected chi connectivity index (χ0v) is 11.0. The lowest BCUT2D eigenvalue weighted by Crippen LogP contribution is -2.43. The Hall–Kier alpha value is -0.570. The maximum Gasteiger partial charge on any atom is 0.322 e. The minimum Gasteiger partial charge on any atom is -0.468 e. The highest BCUT2D eigenvalue weighted by molar-refractivity contribution is 5.75. The summed E-state index contributed by atoms with van der Waals surface area (Å²) < 4.78 is 4.71. The van der Waals surface area contributed by atoms with Crippen molar-refractivity contribution in [2.75, 3.05) is 7.11 Å². The third-order valence-corrected chi connectivity index (χ3v) is 3.76. The van der Waals surface area contributed by atoms with Gasteiger partial charge in [-0.15, -0.1) is 0 Å². The molecule has 0 amide bonds. The molecule has 0 bridgehead atoms. The number of carbonyl (C=O) groups excluding carboxylic acids is 1. The van der Waals surface area contributed by atoms with Crippen LogP contribution >= 0.6 is 0 Å². The summed E-state index contributed by atoms with van der Waals surface area (Å²) in [6.45, 7) is 6.48. The van der Waals surface area contributed by atoms with E-state index in [1.165, 1.54) is 32.8 Å². The van der Waals surface area contributed by atoms with Gasteiger partial charge in [-0.05, 0) is 44.4 Å². The first-order valence-corrected chi connectivity index (χ1v) is 6.38. The molecule has 1 aliphatic rings. The van der Waals surface area contributed by atoms with E-state index in [-0.39, 0.29) is 12.0 Å². The second-order valence-electron chi connectivity index (χ2n) is 5.27. The molecule has 0 aromatic carbocycles. The third kappa shape index (κ3) is 3.78. The highest BCUT2D eigenvalue weighted by Gasteiger charge is 2.25. The van der Waals surface area contributed by atoms with E-state index in [9.17, 15) is 4.79 Å². The average Bonchev–Trinajstić information content (AvgIpc) is 2.28. The Bertz CT molecular complexity index is 220. The van der Waals surface area contributed by atoms with Gasteiger partial charge in [0, 0.05) is 6.04 Å². The molecule has 1 fully saturated rings. The van der Waals surface area contributed by atoms with Crippen molar-refractivity contribution in [2.24, 2.45) is 11.8 Å². The van der Waals surface area contributed by atoms with Crippen LogP contribution < -0.4 is 5.32 Å². The lowest BCUT2D eigenvalue weighted by Gasteiger charge is -2.32. The summed E-state index contributed by atoms with van der Waals surface area (Å²) in [5, 5.41) is 3.35. The molecule has 0 spiro atoms. The monoisotopic (exact) mass is 227 g/mol. The zero-order chi connectivity index (χ0) is 12.1. The fourth-order valence-corrected chi connectivity index (χ4v) is 2.55. The summed E-state index contributed by atoms with van der Waals surface area (Å²) in [7, 11) is 1.44. The fourth-order valence-electron chi connectivity index (χ4n) is 2.55. The Labute approximate surface area is 98.9 Å². The van der Waals surface area contributed by atoms with Gasteiger partial charge in [0.25, 0.3) is 0 Å². The molecule has 16 heavy (non-hydrogen) atoms. The first kappa shape index (κ1) is 13.5. The molecule has 3 nitrogen and oxygen atoms in total. The van der Waals surface area contributed by atoms with Crippen LogP contribution in [-0.2, 0) is 9.53 Å². The molecule has 1 aliphatic carbocycles. The van der Waals surface area contributed by atoms with E-state index >= 15 is 0 Å². The molecule has 0 aliphatic heterocycles. The van der Waals surface area contributed by atoms with Gasteiger partial charge in [0.2, 0.25) is 0 Å². The fraction of sp³-hybridized carbons (Fsp3) is 0.923. The van der Waals surface area contributed by atoms with Gasteiger partial charge < -0.3 is 10.1 Å². The van der Waals surface area contributed by atoms with Crippen LogP contribution in [0.1, 0.15) is 46.5 Å². The van der Waals surface area contributed by atoms with Gasteiger partial charge in [-0.1, -0.05) is 13.8 Å². The van der Waals surface area contributed by atoms with Crippen molar-refractivity contribution < 1.29 is 9.53 Å². The highest BCUT2D eigenvalue weighted by Crippen LogP contribution is 2.29. The molecule has 1 rings (SSSR count). The average molecular weight is 227 g/mol. The van der Waals surface area contributed by atoms with E-state index in [1.54, 1.807) is 0 Å². The van der Waals surface area contributed by atoms with Gasteiger partial charge in [0.1, 0.15) is 6.04 Å². The van der Waals surface area contributed by atoms with Crippen LogP contribution in [0.4, 0.5) is 0 Å². The van der Waals surface area contributed by atoms with Crippen LogP contribution in [0, 0.1) is 11.8 Å². The van der Waals surface area contributed by atoms with Gasteiger partial charge in [-0.25, -0.2) is 0 Å². The molecule has 0 saturated heterocycles. The second kappa shape index (κ2) is 6.24. The van der Waals surface area contributed by atoms with Crippen LogP contribution in [-0.4, -0.2) is 25.2 Å². The largest absolute Gasteiger partial charge is 0.468 e. The van der Waals surface area contributed by atoms with E-state index in [0.29, 0.717) is 6.04 Å². The van der Waals surface area contributed by atoms with Crippen molar-refractivity contribution in [1.29, 1.82) is 0 Å². The summed E-state index contributed by atoms with van der Waals surface area (Å²) in [5.74, 6) is 1.50. The van der Waals surface area contributed by atoms with Crippen LogP contribution in [0.25, 0.3) is 0 Å². The van der Waals surface area contributed by atoms with Crippen molar-refractivity contribution in [2.45, 2.75) is 58.5 Å². The molecule has 3 heteroatoms. The third-order valence-electron chi connectivity index (χ3n) is 3.76. The quantitative estimate of drug-likeness (QED) is 0.749. The maximum atomic E-state index is 11.3. The van der Waals surface area contributed by atoms with E-state index in [4.69, 9.17) is 4.74 Å². The molecule has 1 N–H and O–H groups in total. The van der Waals surface area contributed by atoms with E-state index in [2.05, 4.69) is 19.2 Å². The topological polar surface area (TPSA) is 38.3 Å². The molecule has 1 unspecified atom stereocenters. The van der Waals surface area contributed by atoms with Gasteiger partial charge >= 0.3 is 5.97 Å². The first-order valence-electron chi connectivity index (χ1n) is 6.38. The predicted molar refractivity (Wildman–Crippen MR) is 65.2 cm³/mol. The number of ether oxygens (including phenoxy) is 1. The highest BCUT2D eigenvalue weighted by atomic mass is 16.5. The molecular weight excluding hydrogens is 202 g/mol. The number of rotatable bonds is 4. The molecule has 94 valence electrons. The summed E-state index contributed by atoms with van der Waals surface area (Å²) >= 11 is 0. The summed E-state index contributed by atoms with van der Waals surface area (Å²) in [6, 6.07) is 0.315. The Morgan fingerprint density at radius 2 is 1.75 bits per heavy atom. The SMILES string of the molecule is COC(=O)C(C)NC1CCC(C(C)C)CC1. The number of hydrogen-bond donors (Lipinski definition) is 1. The van der Waals surface area contributed by atoms with Gasteiger partial charge in [0.05, 0.1) is 7.11 Å². The lowest BCUT2D eigenvalue weighted by atomic mass is 9.79. The number of hydrogen-bond acceptors (Lipinski definition) is 3. The number of carbonyl (C=O) groups is 1. The van der Waals surface area contributed by atoms with Crippen molar-refractivity contribution in [1.82, 2.24) is 5.32 Å². The number of methoxy groups -OCH3 is 1.